The third kappa shape index (κ3) is 4.56. The summed E-state index contributed by atoms with van der Waals surface area (Å²) in [5.41, 5.74) is 7.91. The molecule has 0 saturated carbocycles. The van der Waals surface area contributed by atoms with Gasteiger partial charge in [0.15, 0.2) is 0 Å². The van der Waals surface area contributed by atoms with E-state index in [1.807, 2.05) is 30.3 Å². The van der Waals surface area contributed by atoms with Crippen molar-refractivity contribution in [1.82, 2.24) is 15.3 Å². The highest BCUT2D eigenvalue weighted by Gasteiger charge is 2.12. The smallest absolute Gasteiger partial charge is 0.288 e. The number of benzene rings is 1. The minimum atomic E-state index is -0.505. The van der Waals surface area contributed by atoms with Crippen LogP contribution in [0.1, 0.15) is 11.1 Å². The van der Waals surface area contributed by atoms with E-state index in [0.29, 0.717) is 29.6 Å². The molecule has 3 aromatic rings. The first-order valence-electron chi connectivity index (χ1n) is 8.41. The number of hydrogen-bond acceptors (Lipinski definition) is 5. The lowest BCUT2D eigenvalue weighted by Gasteiger charge is -2.15. The molecule has 0 bridgehead atoms. The number of aromatic amines is 1. The molecule has 0 fully saturated rings. The van der Waals surface area contributed by atoms with E-state index in [-0.39, 0.29) is 17.6 Å². The number of H-pyrrole nitrogens is 1. The van der Waals surface area contributed by atoms with Crippen molar-refractivity contribution < 1.29 is 9.72 Å². The molecule has 27 heavy (non-hydrogen) atoms. The van der Waals surface area contributed by atoms with Crippen LogP contribution in [-0.2, 0) is 11.2 Å². The first kappa shape index (κ1) is 18.3. The van der Waals surface area contributed by atoms with Gasteiger partial charge in [-0.1, -0.05) is 30.3 Å². The number of nitrogens with one attached hydrogen (secondary N) is 2. The molecule has 8 nitrogen and oxygen atoms in total. The largest absolute Gasteiger partial charge is 0.348 e. The number of rotatable bonds is 7. The predicted octanol–water partition coefficient (Wildman–Crippen LogP) is 2.17. The normalized spacial score (nSPS) is 12.3. The van der Waals surface area contributed by atoms with E-state index < -0.39 is 4.92 Å². The zero-order chi connectivity index (χ0) is 19.2. The van der Waals surface area contributed by atoms with Gasteiger partial charge >= 0.3 is 0 Å². The van der Waals surface area contributed by atoms with Gasteiger partial charge in [-0.25, -0.2) is 4.98 Å². The van der Waals surface area contributed by atoms with E-state index in [4.69, 9.17) is 5.73 Å². The molecule has 0 aliphatic rings. The van der Waals surface area contributed by atoms with E-state index in [1.54, 1.807) is 12.3 Å². The van der Waals surface area contributed by atoms with Gasteiger partial charge < -0.3 is 16.0 Å². The molecule has 0 saturated heterocycles. The maximum Gasteiger partial charge on any atom is 0.288 e. The van der Waals surface area contributed by atoms with Crippen LogP contribution in [0.3, 0.4) is 0 Å². The molecule has 2 aromatic heterocycles. The van der Waals surface area contributed by atoms with E-state index in [9.17, 15) is 14.9 Å². The Morgan fingerprint density at radius 2 is 2.15 bits per heavy atom. The predicted molar refractivity (Wildman–Crippen MR) is 103 cm³/mol. The quantitative estimate of drug-likeness (QED) is 0.336. The summed E-state index contributed by atoms with van der Waals surface area (Å²) in [5.74, 6) is -0.283. The summed E-state index contributed by atoms with van der Waals surface area (Å²) in [4.78, 5) is 29.6. The van der Waals surface area contributed by atoms with Crippen LogP contribution in [0.4, 0.5) is 5.69 Å². The molecule has 0 unspecified atom stereocenters. The number of pyridine rings is 1. The highest BCUT2D eigenvalue weighted by Crippen LogP contribution is 2.22. The lowest BCUT2D eigenvalue weighted by atomic mass is 10.1. The molecule has 1 atom stereocenters. The van der Waals surface area contributed by atoms with Crippen molar-refractivity contribution in [1.29, 1.82) is 0 Å². The standard InChI is InChI=1S/C19H19N5O3/c20-10-15(8-13-4-2-1-3-5-13)23-18(25)7-6-14-11-21-19-17(14)9-16(12-22-19)24(26)27/h1-7,9,11-12,15H,8,10,20H2,(H,21,22)(H,23,25)/t15-/m0/s1. The number of carbonyl (C=O) groups excluding carboxylic acids is 1. The molecule has 0 spiro atoms. The number of nitro groups is 1. The molecule has 1 aromatic carbocycles. The molecule has 1 amide bonds. The van der Waals surface area contributed by atoms with Crippen LogP contribution in [0.2, 0.25) is 0 Å². The number of nitrogens with zero attached hydrogens (tertiary/aromatic N) is 2. The Balaban J connectivity index is 1.69. The highest BCUT2D eigenvalue weighted by molar-refractivity contribution is 5.96. The summed E-state index contributed by atoms with van der Waals surface area (Å²) in [6.45, 7) is 0.317. The zero-order valence-electron chi connectivity index (χ0n) is 14.5. The molecular formula is C19H19N5O3. The van der Waals surface area contributed by atoms with Crippen LogP contribution in [0.5, 0.6) is 0 Å². The van der Waals surface area contributed by atoms with Crippen molar-refractivity contribution in [3.63, 3.8) is 0 Å². The van der Waals surface area contributed by atoms with E-state index >= 15 is 0 Å². The topological polar surface area (TPSA) is 127 Å². The van der Waals surface area contributed by atoms with Crippen molar-refractivity contribution in [2.75, 3.05) is 6.54 Å². The summed E-state index contributed by atoms with van der Waals surface area (Å²) in [6.07, 6.45) is 6.45. The first-order valence-corrected chi connectivity index (χ1v) is 8.41. The monoisotopic (exact) mass is 365 g/mol. The van der Waals surface area contributed by atoms with Gasteiger partial charge in [0.2, 0.25) is 5.91 Å². The molecule has 0 aliphatic heterocycles. The molecule has 0 radical (unpaired) electrons. The maximum atomic E-state index is 12.2. The van der Waals surface area contributed by atoms with Gasteiger partial charge in [0, 0.05) is 41.9 Å². The second kappa shape index (κ2) is 8.24. The number of nitrogens with two attached hydrogens (primary N) is 1. The third-order valence-corrected chi connectivity index (χ3v) is 4.13. The fraction of sp³-hybridized carbons (Fsp3) is 0.158. The summed E-state index contributed by atoms with van der Waals surface area (Å²) in [6, 6.07) is 11.0. The van der Waals surface area contributed by atoms with Gasteiger partial charge in [-0.05, 0) is 18.1 Å². The van der Waals surface area contributed by atoms with Crippen LogP contribution >= 0.6 is 0 Å². The number of amides is 1. The van der Waals surface area contributed by atoms with Crippen molar-refractivity contribution in [2.45, 2.75) is 12.5 Å². The molecule has 138 valence electrons. The summed E-state index contributed by atoms with van der Waals surface area (Å²) in [5, 5.41) is 14.4. The second-order valence-electron chi connectivity index (χ2n) is 6.06. The summed E-state index contributed by atoms with van der Waals surface area (Å²) in [7, 11) is 0. The Kier molecular flexibility index (Phi) is 5.58. The van der Waals surface area contributed by atoms with Gasteiger partial charge in [0.25, 0.3) is 5.69 Å². The van der Waals surface area contributed by atoms with Crippen LogP contribution in [-0.4, -0.2) is 33.4 Å². The fourth-order valence-corrected chi connectivity index (χ4v) is 2.76. The summed E-state index contributed by atoms with van der Waals surface area (Å²) >= 11 is 0. The molecule has 8 heteroatoms. The maximum absolute atomic E-state index is 12.2. The Labute approximate surface area is 155 Å². The Morgan fingerprint density at radius 1 is 1.37 bits per heavy atom. The Bertz CT molecular complexity index is 981. The highest BCUT2D eigenvalue weighted by atomic mass is 16.6. The van der Waals surface area contributed by atoms with Gasteiger partial charge in [-0.3, -0.25) is 14.9 Å². The minimum Gasteiger partial charge on any atom is -0.348 e. The van der Waals surface area contributed by atoms with Crippen LogP contribution < -0.4 is 11.1 Å². The fourth-order valence-electron chi connectivity index (χ4n) is 2.76. The van der Waals surface area contributed by atoms with Crippen molar-refractivity contribution in [3.05, 3.63) is 76.1 Å². The summed E-state index contributed by atoms with van der Waals surface area (Å²) < 4.78 is 0. The average molecular weight is 365 g/mol. The van der Waals surface area contributed by atoms with Crippen molar-refractivity contribution in [3.8, 4) is 0 Å². The molecule has 4 N–H and O–H groups in total. The molecule has 2 heterocycles. The molecule has 3 rings (SSSR count). The van der Waals surface area contributed by atoms with Crippen LogP contribution in [0, 0.1) is 10.1 Å². The van der Waals surface area contributed by atoms with Crippen LogP contribution in [0.25, 0.3) is 17.1 Å². The van der Waals surface area contributed by atoms with Crippen molar-refractivity contribution in [2.24, 2.45) is 5.73 Å². The van der Waals surface area contributed by atoms with Gasteiger partial charge in [0.05, 0.1) is 4.92 Å². The average Bonchev–Trinajstić information content (AvgIpc) is 3.09. The third-order valence-electron chi connectivity index (χ3n) is 4.13. The number of carbonyl (C=O) groups is 1. The second-order valence-corrected chi connectivity index (χ2v) is 6.06. The van der Waals surface area contributed by atoms with Gasteiger partial charge in [0.1, 0.15) is 11.8 Å². The lowest BCUT2D eigenvalue weighted by Crippen LogP contribution is -2.40. The SMILES string of the molecule is NC[C@H](Cc1ccccc1)NC(=O)C=Cc1c[nH]c2ncc([N+](=O)[O-])cc12. The molecular weight excluding hydrogens is 346 g/mol. The number of fused-ring (bicyclic) bond motifs is 1. The van der Waals surface area contributed by atoms with Crippen molar-refractivity contribution >= 4 is 28.7 Å². The number of aromatic nitrogens is 2. The van der Waals surface area contributed by atoms with E-state index in [0.717, 1.165) is 5.56 Å². The zero-order valence-corrected chi connectivity index (χ0v) is 14.5. The number of hydrogen-bond donors (Lipinski definition) is 3. The van der Waals surface area contributed by atoms with Crippen LogP contribution in [0.15, 0.2) is 54.9 Å². The van der Waals surface area contributed by atoms with Gasteiger partial charge in [-0.2, -0.15) is 0 Å². The van der Waals surface area contributed by atoms with E-state index in [1.165, 1.54) is 18.3 Å². The minimum absolute atomic E-state index is 0.104. The Morgan fingerprint density at radius 3 is 2.85 bits per heavy atom. The Hall–Kier alpha value is -3.52. The lowest BCUT2D eigenvalue weighted by molar-refractivity contribution is -0.385. The molecule has 0 aliphatic carbocycles. The van der Waals surface area contributed by atoms with Gasteiger partial charge in [-0.15, -0.1) is 0 Å². The van der Waals surface area contributed by atoms with E-state index in [2.05, 4.69) is 15.3 Å². The first-order chi connectivity index (χ1) is 13.1.